The van der Waals surface area contributed by atoms with Crippen LogP contribution in [0.5, 0.6) is 0 Å². The smallest absolute Gasteiger partial charge is 0.354 e. The number of likely N-dealkylation sites (tertiary alicyclic amines) is 1. The van der Waals surface area contributed by atoms with Crippen LogP contribution in [0.15, 0.2) is 42.5 Å². The lowest BCUT2D eigenvalue weighted by atomic mass is 10.0. The number of nitrogens with one attached hydrogen (secondary N) is 1. The van der Waals surface area contributed by atoms with Crippen molar-refractivity contribution in [1.29, 1.82) is 0 Å². The van der Waals surface area contributed by atoms with Crippen molar-refractivity contribution in [2.45, 2.75) is 32.2 Å². The van der Waals surface area contributed by atoms with E-state index < -0.39 is 11.9 Å². The van der Waals surface area contributed by atoms with Crippen molar-refractivity contribution < 1.29 is 19.5 Å². The minimum atomic E-state index is -1.19. The molecule has 1 aromatic carbocycles. The number of nitrogens with zero attached hydrogens (tertiary/aromatic N) is 2. The largest absolute Gasteiger partial charge is 0.477 e. The molecule has 27 heavy (non-hydrogen) atoms. The zero-order valence-electron chi connectivity index (χ0n) is 15.0. The fraction of sp³-hybridized carbons (Fsp3) is 0.300. The molecule has 2 heterocycles. The van der Waals surface area contributed by atoms with E-state index in [0.717, 1.165) is 25.8 Å². The van der Waals surface area contributed by atoms with Crippen LogP contribution in [0.3, 0.4) is 0 Å². The normalized spacial score (nSPS) is 16.6. The summed E-state index contributed by atoms with van der Waals surface area (Å²) >= 11 is 0. The summed E-state index contributed by atoms with van der Waals surface area (Å²) in [5, 5.41) is 11.6. The lowest BCUT2D eigenvalue weighted by Crippen LogP contribution is -2.42. The molecule has 1 aliphatic rings. The molecule has 0 radical (unpaired) electrons. The number of rotatable bonds is 4. The van der Waals surface area contributed by atoms with Gasteiger partial charge in [0.2, 0.25) is 0 Å². The molecule has 0 aliphatic carbocycles. The number of hydrogen-bond donors (Lipinski definition) is 2. The molecule has 0 bridgehead atoms. The molecule has 0 unspecified atom stereocenters. The number of amides is 2. The van der Waals surface area contributed by atoms with Crippen molar-refractivity contribution in [2.75, 3.05) is 11.9 Å². The van der Waals surface area contributed by atoms with Gasteiger partial charge in [0.25, 0.3) is 11.8 Å². The Morgan fingerprint density at radius 3 is 2.44 bits per heavy atom. The highest BCUT2D eigenvalue weighted by Gasteiger charge is 2.24. The molecule has 7 nitrogen and oxygen atoms in total. The van der Waals surface area contributed by atoms with Crippen molar-refractivity contribution in [3.05, 3.63) is 59.4 Å². The number of carbonyl (C=O) groups is 3. The van der Waals surface area contributed by atoms with Crippen LogP contribution in [0, 0.1) is 0 Å². The Kier molecular flexibility index (Phi) is 5.49. The molecule has 140 valence electrons. The second-order valence-electron chi connectivity index (χ2n) is 6.59. The first-order valence-electron chi connectivity index (χ1n) is 8.88. The topological polar surface area (TPSA) is 99.6 Å². The number of benzene rings is 1. The molecule has 2 amide bonds. The summed E-state index contributed by atoms with van der Waals surface area (Å²) in [6, 6.07) is 11.1. The summed E-state index contributed by atoms with van der Waals surface area (Å²) in [7, 11) is 0. The Morgan fingerprint density at radius 1 is 1.07 bits per heavy atom. The number of aromatic nitrogens is 1. The van der Waals surface area contributed by atoms with Crippen LogP contribution < -0.4 is 5.32 Å². The fourth-order valence-electron chi connectivity index (χ4n) is 3.14. The van der Waals surface area contributed by atoms with E-state index in [-0.39, 0.29) is 23.3 Å². The number of carboxylic acid groups (broad SMARTS) is 1. The van der Waals surface area contributed by atoms with Gasteiger partial charge in [0, 0.05) is 23.8 Å². The number of carbonyl (C=O) groups excluding carboxylic acids is 2. The minimum absolute atomic E-state index is 0.00379. The molecule has 1 atom stereocenters. The second kappa shape index (κ2) is 7.99. The Labute approximate surface area is 157 Å². The van der Waals surface area contributed by atoms with Gasteiger partial charge in [0.15, 0.2) is 0 Å². The van der Waals surface area contributed by atoms with Crippen molar-refractivity contribution >= 4 is 23.5 Å². The zero-order chi connectivity index (χ0) is 19.4. The number of hydrogen-bond acceptors (Lipinski definition) is 4. The van der Waals surface area contributed by atoms with Crippen LogP contribution in [-0.2, 0) is 0 Å². The van der Waals surface area contributed by atoms with E-state index in [4.69, 9.17) is 5.11 Å². The van der Waals surface area contributed by atoms with Crippen LogP contribution in [0.1, 0.15) is 57.5 Å². The molecule has 1 saturated heterocycles. The highest BCUT2D eigenvalue weighted by molar-refractivity contribution is 6.04. The predicted molar refractivity (Wildman–Crippen MR) is 99.9 cm³/mol. The van der Waals surface area contributed by atoms with Crippen LogP contribution in [0.4, 0.5) is 5.69 Å². The van der Waals surface area contributed by atoms with Crippen LogP contribution in [-0.4, -0.2) is 45.4 Å². The lowest BCUT2D eigenvalue weighted by molar-refractivity contribution is 0.0634. The maximum atomic E-state index is 12.6. The molecular weight excluding hydrogens is 346 g/mol. The van der Waals surface area contributed by atoms with Gasteiger partial charge < -0.3 is 15.3 Å². The van der Waals surface area contributed by atoms with E-state index in [1.807, 2.05) is 4.90 Å². The Balaban J connectivity index is 1.68. The van der Waals surface area contributed by atoms with Gasteiger partial charge in [0.1, 0.15) is 11.4 Å². The van der Waals surface area contributed by atoms with E-state index in [2.05, 4.69) is 17.2 Å². The first-order valence-corrected chi connectivity index (χ1v) is 8.88. The number of carboxylic acids is 1. The van der Waals surface area contributed by atoms with Gasteiger partial charge in [-0.2, -0.15) is 0 Å². The van der Waals surface area contributed by atoms with E-state index in [0.29, 0.717) is 11.3 Å². The molecule has 2 N–H and O–H groups in total. The number of aromatic carboxylic acids is 1. The third kappa shape index (κ3) is 4.31. The summed E-state index contributed by atoms with van der Waals surface area (Å²) in [5.41, 5.74) is 0.898. The fourth-order valence-corrected chi connectivity index (χ4v) is 3.14. The maximum absolute atomic E-state index is 12.6. The summed E-state index contributed by atoms with van der Waals surface area (Å²) in [6.07, 6.45) is 3.18. The Hall–Kier alpha value is -3.22. The van der Waals surface area contributed by atoms with E-state index >= 15 is 0 Å². The van der Waals surface area contributed by atoms with E-state index in [1.165, 1.54) is 18.2 Å². The van der Waals surface area contributed by atoms with Gasteiger partial charge in [-0.25, -0.2) is 9.78 Å². The third-order valence-electron chi connectivity index (χ3n) is 4.65. The summed E-state index contributed by atoms with van der Waals surface area (Å²) in [4.78, 5) is 41.6. The van der Waals surface area contributed by atoms with E-state index in [1.54, 1.807) is 24.3 Å². The molecule has 7 heteroatoms. The summed E-state index contributed by atoms with van der Waals surface area (Å²) in [5.74, 6) is -1.71. The molecule has 1 fully saturated rings. The summed E-state index contributed by atoms with van der Waals surface area (Å²) in [6.45, 7) is 2.83. The van der Waals surface area contributed by atoms with Gasteiger partial charge in [-0.15, -0.1) is 0 Å². The highest BCUT2D eigenvalue weighted by atomic mass is 16.4. The standard InChI is InChI=1S/C20H21N3O4/c1-13-5-2-3-12-23(13)19(25)14-8-10-15(11-9-14)21-18(24)16-6-4-7-17(22-16)20(26)27/h4,6-11,13H,2-3,5,12H2,1H3,(H,21,24)(H,26,27)/t13-/m1/s1. The van der Waals surface area contributed by atoms with Crippen molar-refractivity contribution in [2.24, 2.45) is 0 Å². The predicted octanol–water partition coefficient (Wildman–Crippen LogP) is 3.05. The number of pyridine rings is 1. The zero-order valence-corrected chi connectivity index (χ0v) is 15.0. The van der Waals surface area contributed by atoms with Crippen LogP contribution in [0.25, 0.3) is 0 Å². The Morgan fingerprint density at radius 2 is 1.78 bits per heavy atom. The monoisotopic (exact) mass is 367 g/mol. The molecule has 1 aromatic heterocycles. The van der Waals surface area contributed by atoms with Gasteiger partial charge >= 0.3 is 5.97 Å². The quantitative estimate of drug-likeness (QED) is 0.865. The Bertz CT molecular complexity index is 864. The molecular formula is C20H21N3O4. The van der Waals surface area contributed by atoms with Gasteiger partial charge in [-0.3, -0.25) is 9.59 Å². The molecule has 0 saturated carbocycles. The molecule has 3 rings (SSSR count). The minimum Gasteiger partial charge on any atom is -0.477 e. The molecule has 0 spiro atoms. The maximum Gasteiger partial charge on any atom is 0.354 e. The first kappa shape index (κ1) is 18.6. The van der Waals surface area contributed by atoms with Crippen molar-refractivity contribution in [3.8, 4) is 0 Å². The van der Waals surface area contributed by atoms with Crippen LogP contribution in [0.2, 0.25) is 0 Å². The first-order chi connectivity index (χ1) is 13.0. The van der Waals surface area contributed by atoms with Gasteiger partial charge in [-0.05, 0) is 62.6 Å². The second-order valence-corrected chi connectivity index (χ2v) is 6.59. The average molecular weight is 367 g/mol. The number of piperidine rings is 1. The average Bonchev–Trinajstić information content (AvgIpc) is 2.68. The third-order valence-corrected chi connectivity index (χ3v) is 4.65. The number of anilines is 1. The van der Waals surface area contributed by atoms with Crippen molar-refractivity contribution in [1.82, 2.24) is 9.88 Å². The van der Waals surface area contributed by atoms with Crippen molar-refractivity contribution in [3.63, 3.8) is 0 Å². The summed E-state index contributed by atoms with van der Waals surface area (Å²) < 4.78 is 0. The molecule has 2 aromatic rings. The highest BCUT2D eigenvalue weighted by Crippen LogP contribution is 2.20. The van der Waals surface area contributed by atoms with Gasteiger partial charge in [-0.1, -0.05) is 6.07 Å². The van der Waals surface area contributed by atoms with Crippen LogP contribution >= 0.6 is 0 Å². The lowest BCUT2D eigenvalue weighted by Gasteiger charge is -2.33. The van der Waals surface area contributed by atoms with Gasteiger partial charge in [0.05, 0.1) is 0 Å². The molecule has 1 aliphatic heterocycles. The SMILES string of the molecule is C[C@@H]1CCCCN1C(=O)c1ccc(NC(=O)c2cccc(C(=O)O)n2)cc1. The van der Waals surface area contributed by atoms with E-state index in [9.17, 15) is 14.4 Å².